The fourth-order valence-corrected chi connectivity index (χ4v) is 6.79. The predicted molar refractivity (Wildman–Crippen MR) is 153 cm³/mol. The van der Waals surface area contributed by atoms with Gasteiger partial charge in [-0.2, -0.15) is 0 Å². The van der Waals surface area contributed by atoms with Crippen molar-refractivity contribution in [2.45, 2.75) is 142 Å². The first-order valence-corrected chi connectivity index (χ1v) is 19.5. The molecule has 0 heterocycles. The molecule has 0 N–H and O–H groups in total. The highest BCUT2D eigenvalue weighted by Gasteiger charge is 2.47. The fourth-order valence-electron chi connectivity index (χ4n) is 4.14. The van der Waals surface area contributed by atoms with Crippen molar-refractivity contribution in [1.29, 1.82) is 0 Å². The smallest absolute Gasteiger partial charge is 0.192 e. The number of Topliss-reactive ketones (excluding diaryl/α,β-unsaturated/α-hetero) is 1. The zero-order valence-corrected chi connectivity index (χ0v) is 26.4. The molecule has 1 rings (SSSR count). The fraction of sp³-hybridized carbons (Fsp3) is 0.828. The first-order valence-electron chi connectivity index (χ1n) is 13.6. The minimum Gasteiger partial charge on any atom is -0.413 e. The Morgan fingerprint density at radius 3 is 2.09 bits per heavy atom. The van der Waals surface area contributed by atoms with Crippen LogP contribution < -0.4 is 0 Å². The molecule has 0 spiro atoms. The Morgan fingerprint density at radius 1 is 1.00 bits per heavy atom. The summed E-state index contributed by atoms with van der Waals surface area (Å²) in [5.74, 6) is 0.390. The van der Waals surface area contributed by atoms with Gasteiger partial charge in [-0.15, -0.1) is 6.58 Å². The van der Waals surface area contributed by atoms with Crippen LogP contribution in [0.4, 0.5) is 0 Å². The summed E-state index contributed by atoms with van der Waals surface area (Å²) in [6.45, 7) is 29.1. The molecule has 3 nitrogen and oxygen atoms in total. The molecule has 5 heteroatoms. The topological polar surface area (TPSA) is 35.5 Å². The van der Waals surface area contributed by atoms with Crippen LogP contribution in [0.15, 0.2) is 24.8 Å². The summed E-state index contributed by atoms with van der Waals surface area (Å²) < 4.78 is 13.7. The van der Waals surface area contributed by atoms with Crippen LogP contribution in [-0.4, -0.2) is 34.6 Å². The van der Waals surface area contributed by atoms with Gasteiger partial charge < -0.3 is 8.85 Å². The molecular weight excluding hydrogens is 452 g/mol. The molecule has 198 valence electrons. The van der Waals surface area contributed by atoms with Gasteiger partial charge in [0.1, 0.15) is 5.78 Å². The molecule has 1 aliphatic rings. The molecule has 0 aromatic heterocycles. The second kappa shape index (κ2) is 12.6. The van der Waals surface area contributed by atoms with Crippen molar-refractivity contribution in [1.82, 2.24) is 0 Å². The van der Waals surface area contributed by atoms with E-state index in [0.29, 0.717) is 12.2 Å². The van der Waals surface area contributed by atoms with Crippen LogP contribution in [0.5, 0.6) is 0 Å². The molecular formula is C29H56O3Si2. The Balaban J connectivity index is 3.19. The third-order valence-electron chi connectivity index (χ3n) is 8.53. The number of hydrogen-bond donors (Lipinski definition) is 0. The van der Waals surface area contributed by atoms with Gasteiger partial charge >= 0.3 is 0 Å². The Morgan fingerprint density at radius 2 is 1.59 bits per heavy atom. The van der Waals surface area contributed by atoms with Gasteiger partial charge in [0.05, 0.1) is 12.2 Å². The quantitative estimate of drug-likeness (QED) is 0.141. The Labute approximate surface area is 214 Å². The maximum atomic E-state index is 13.0. The Hall–Kier alpha value is -0.496. The molecule has 0 amide bonds. The molecule has 1 aliphatic carbocycles. The zero-order chi connectivity index (χ0) is 26.4. The lowest BCUT2D eigenvalue weighted by molar-refractivity contribution is -0.121. The lowest BCUT2D eigenvalue weighted by Gasteiger charge is -2.40. The monoisotopic (exact) mass is 508 g/mol. The molecule has 0 radical (unpaired) electrons. The molecule has 0 bridgehead atoms. The van der Waals surface area contributed by atoms with Gasteiger partial charge in [0, 0.05) is 18.3 Å². The van der Waals surface area contributed by atoms with Crippen molar-refractivity contribution >= 4 is 22.4 Å². The van der Waals surface area contributed by atoms with Crippen LogP contribution >= 0.6 is 0 Å². The lowest BCUT2D eigenvalue weighted by atomic mass is 9.90. The van der Waals surface area contributed by atoms with Gasteiger partial charge in [0.25, 0.3) is 0 Å². The normalized spacial score (nSPS) is 23.6. The van der Waals surface area contributed by atoms with Crippen LogP contribution in [0, 0.1) is 11.8 Å². The first-order chi connectivity index (χ1) is 15.5. The predicted octanol–water partition coefficient (Wildman–Crippen LogP) is 9.08. The summed E-state index contributed by atoms with van der Waals surface area (Å²) in [6, 6.07) is 0. The van der Waals surface area contributed by atoms with E-state index in [-0.39, 0.29) is 34.1 Å². The van der Waals surface area contributed by atoms with Crippen LogP contribution in [-0.2, 0) is 13.6 Å². The second-order valence-electron chi connectivity index (χ2n) is 13.4. The highest BCUT2D eigenvalue weighted by Crippen LogP contribution is 2.43. The summed E-state index contributed by atoms with van der Waals surface area (Å²) in [5.41, 5.74) is 0. The average molecular weight is 509 g/mol. The summed E-state index contributed by atoms with van der Waals surface area (Å²) in [7, 11) is -3.88. The minimum absolute atomic E-state index is 0.0304. The number of carbonyl (C=O) groups excluding carboxylic acids is 1. The van der Waals surface area contributed by atoms with Gasteiger partial charge in [-0.25, -0.2) is 0 Å². The van der Waals surface area contributed by atoms with E-state index in [4.69, 9.17) is 8.85 Å². The van der Waals surface area contributed by atoms with Crippen LogP contribution in [0.25, 0.3) is 0 Å². The van der Waals surface area contributed by atoms with Crippen molar-refractivity contribution in [3.8, 4) is 0 Å². The van der Waals surface area contributed by atoms with Crippen molar-refractivity contribution in [3.63, 3.8) is 0 Å². The third-order valence-corrected chi connectivity index (χ3v) is 17.5. The maximum Gasteiger partial charge on any atom is 0.192 e. The van der Waals surface area contributed by atoms with E-state index < -0.39 is 16.6 Å². The summed E-state index contributed by atoms with van der Waals surface area (Å²) in [6.07, 6.45) is 13.8. The molecule has 0 aliphatic heterocycles. The van der Waals surface area contributed by atoms with E-state index in [0.717, 1.165) is 12.8 Å². The number of hydrogen-bond acceptors (Lipinski definition) is 3. The van der Waals surface area contributed by atoms with Crippen molar-refractivity contribution in [3.05, 3.63) is 24.8 Å². The highest BCUT2D eigenvalue weighted by molar-refractivity contribution is 6.74. The SMILES string of the molecule is C=CCC1C(=O)CC(O[Si](C)(C)C(C)(C)C)C1/C=C/[C@H](CCCCCC)O[Si](C)(C)C(C)(C)C. The maximum absolute atomic E-state index is 13.0. The van der Waals surface area contributed by atoms with Crippen LogP contribution in [0.3, 0.4) is 0 Å². The highest BCUT2D eigenvalue weighted by atomic mass is 28.4. The van der Waals surface area contributed by atoms with Crippen molar-refractivity contribution in [2.24, 2.45) is 11.8 Å². The van der Waals surface area contributed by atoms with Gasteiger partial charge in [0.2, 0.25) is 0 Å². The Kier molecular flexibility index (Phi) is 11.7. The van der Waals surface area contributed by atoms with E-state index in [9.17, 15) is 4.79 Å². The van der Waals surface area contributed by atoms with Gasteiger partial charge in [-0.3, -0.25) is 4.79 Å². The molecule has 0 aromatic rings. The van der Waals surface area contributed by atoms with E-state index in [1.807, 2.05) is 6.08 Å². The first kappa shape index (κ1) is 31.5. The molecule has 0 saturated heterocycles. The average Bonchev–Trinajstić information content (AvgIpc) is 2.95. The van der Waals surface area contributed by atoms with Gasteiger partial charge in [-0.1, -0.05) is 92.4 Å². The number of allylic oxidation sites excluding steroid dienone is 1. The van der Waals surface area contributed by atoms with Gasteiger partial charge in [0.15, 0.2) is 16.6 Å². The molecule has 0 aromatic carbocycles. The second-order valence-corrected chi connectivity index (χ2v) is 23.0. The molecule has 4 atom stereocenters. The lowest BCUT2D eigenvalue weighted by Crippen LogP contribution is -2.45. The van der Waals surface area contributed by atoms with Crippen LogP contribution in [0.1, 0.15) is 93.4 Å². The molecule has 1 saturated carbocycles. The zero-order valence-electron chi connectivity index (χ0n) is 24.4. The number of ketones is 1. The molecule has 34 heavy (non-hydrogen) atoms. The number of carbonyl (C=O) groups is 1. The van der Waals surface area contributed by atoms with E-state index in [1.165, 1.54) is 25.7 Å². The standard InChI is InChI=1S/C29H56O3Si2/c1-13-15-16-17-19-23(31-33(9,10)28(3,4)5)20-21-25-24(18-14-2)26(30)22-27(25)32-34(11,12)29(6,7)8/h14,20-21,23-25,27H,2,13,15-19,22H2,1,3-12H3/b21-20+/t23-,24?,25?,27?/m0/s1. The van der Waals surface area contributed by atoms with Crippen molar-refractivity contribution in [2.75, 3.05) is 0 Å². The van der Waals surface area contributed by atoms with E-state index >= 15 is 0 Å². The summed E-state index contributed by atoms with van der Waals surface area (Å²) in [4.78, 5) is 13.0. The largest absolute Gasteiger partial charge is 0.413 e. The summed E-state index contributed by atoms with van der Waals surface area (Å²) >= 11 is 0. The van der Waals surface area contributed by atoms with E-state index in [1.54, 1.807) is 0 Å². The van der Waals surface area contributed by atoms with Crippen molar-refractivity contribution < 1.29 is 13.6 Å². The Bertz CT molecular complexity index is 682. The van der Waals surface area contributed by atoms with Gasteiger partial charge in [-0.05, 0) is 49.1 Å². The minimum atomic E-state index is -1.98. The number of rotatable bonds is 13. The van der Waals surface area contributed by atoms with E-state index in [2.05, 4.69) is 93.4 Å². The molecule has 3 unspecified atom stereocenters. The third kappa shape index (κ3) is 8.86. The summed E-state index contributed by atoms with van der Waals surface area (Å²) in [5, 5.41) is 0.291. The number of unbranched alkanes of at least 4 members (excludes halogenated alkanes) is 3. The van der Waals surface area contributed by atoms with Crippen LogP contribution in [0.2, 0.25) is 36.3 Å². The molecule has 1 fully saturated rings.